The summed E-state index contributed by atoms with van der Waals surface area (Å²) in [7, 11) is -3.38. The molecule has 0 aliphatic rings. The van der Waals surface area contributed by atoms with Crippen LogP contribution in [-0.4, -0.2) is 25.7 Å². The molecule has 0 unspecified atom stereocenters. The van der Waals surface area contributed by atoms with Gasteiger partial charge in [0.2, 0.25) is 10.0 Å². The molecule has 0 saturated heterocycles. The van der Waals surface area contributed by atoms with Gasteiger partial charge >= 0.3 is 0 Å². The Morgan fingerprint density at radius 1 is 1.47 bits per heavy atom. The van der Waals surface area contributed by atoms with Gasteiger partial charge in [0.1, 0.15) is 0 Å². The molecule has 0 radical (unpaired) electrons. The van der Waals surface area contributed by atoms with Crippen LogP contribution in [0.25, 0.3) is 0 Å². The molecule has 0 spiro atoms. The van der Waals surface area contributed by atoms with E-state index in [2.05, 4.69) is 10.3 Å². The molecule has 6 heteroatoms. The zero-order chi connectivity index (χ0) is 11.3. The van der Waals surface area contributed by atoms with E-state index in [1.165, 1.54) is 0 Å². The molecule has 5 nitrogen and oxygen atoms in total. The van der Waals surface area contributed by atoms with Crippen LogP contribution >= 0.6 is 0 Å². The first-order chi connectivity index (χ1) is 6.99. The Kier molecular flexibility index (Phi) is 4.19. The number of hydrogen-bond acceptors (Lipinski definition) is 4. The van der Waals surface area contributed by atoms with E-state index in [0.29, 0.717) is 6.54 Å². The molecular formula is C9H15N3O2S. The molecule has 1 rings (SSSR count). The lowest BCUT2D eigenvalue weighted by Gasteiger charge is -2.13. The molecule has 0 fully saturated rings. The number of primary sulfonamides is 1. The standard InChI is InChI=1S/C9H15N3O2S/c1-8(9-2-4-11-5-3-9)12-6-7-15(10,13)14/h2-5,8,12H,6-7H2,1H3,(H2,10,13,14)/t8-/m1/s1. The molecule has 0 amide bonds. The maximum atomic E-state index is 10.7. The summed E-state index contributed by atoms with van der Waals surface area (Å²) in [6.45, 7) is 2.31. The predicted molar refractivity (Wildman–Crippen MR) is 58.6 cm³/mol. The number of nitrogens with zero attached hydrogens (tertiary/aromatic N) is 1. The third-order valence-electron chi connectivity index (χ3n) is 2.04. The highest BCUT2D eigenvalue weighted by molar-refractivity contribution is 7.89. The largest absolute Gasteiger partial charge is 0.309 e. The lowest BCUT2D eigenvalue weighted by molar-refractivity contribution is 0.573. The lowest BCUT2D eigenvalue weighted by Crippen LogP contribution is -2.28. The summed E-state index contributed by atoms with van der Waals surface area (Å²) in [5, 5.41) is 7.95. The molecule has 15 heavy (non-hydrogen) atoms. The van der Waals surface area contributed by atoms with Crippen molar-refractivity contribution >= 4 is 10.0 Å². The predicted octanol–water partition coefficient (Wildman–Crippen LogP) is 0.0207. The summed E-state index contributed by atoms with van der Waals surface area (Å²) < 4.78 is 21.4. The molecule has 1 aromatic heterocycles. The third-order valence-corrected chi connectivity index (χ3v) is 2.82. The highest BCUT2D eigenvalue weighted by atomic mass is 32.2. The van der Waals surface area contributed by atoms with Gasteiger partial charge in [0.15, 0.2) is 0 Å². The first-order valence-electron chi connectivity index (χ1n) is 4.63. The van der Waals surface area contributed by atoms with E-state index < -0.39 is 10.0 Å². The Bertz CT molecular complexity index is 391. The minimum atomic E-state index is -3.38. The molecule has 1 atom stereocenters. The topological polar surface area (TPSA) is 85.1 Å². The summed E-state index contributed by atoms with van der Waals surface area (Å²) in [4.78, 5) is 3.90. The summed E-state index contributed by atoms with van der Waals surface area (Å²) >= 11 is 0. The number of pyridine rings is 1. The third kappa shape index (κ3) is 4.87. The fourth-order valence-electron chi connectivity index (χ4n) is 1.19. The van der Waals surface area contributed by atoms with E-state index in [0.717, 1.165) is 5.56 Å². The van der Waals surface area contributed by atoms with Crippen LogP contribution in [0.5, 0.6) is 0 Å². The molecule has 0 aliphatic heterocycles. The highest BCUT2D eigenvalue weighted by Crippen LogP contribution is 2.09. The average Bonchev–Trinajstić information content (AvgIpc) is 2.17. The van der Waals surface area contributed by atoms with Gasteiger partial charge in [-0.3, -0.25) is 4.98 Å². The second kappa shape index (κ2) is 5.20. The molecule has 0 saturated carbocycles. The van der Waals surface area contributed by atoms with Gasteiger partial charge in [0.25, 0.3) is 0 Å². The fourth-order valence-corrected chi connectivity index (χ4v) is 1.59. The molecule has 84 valence electrons. The van der Waals surface area contributed by atoms with Gasteiger partial charge in [-0.1, -0.05) is 0 Å². The van der Waals surface area contributed by atoms with Crippen LogP contribution in [-0.2, 0) is 10.0 Å². The quantitative estimate of drug-likeness (QED) is 0.745. The number of sulfonamides is 1. The van der Waals surface area contributed by atoms with E-state index >= 15 is 0 Å². The number of nitrogens with two attached hydrogens (primary N) is 1. The van der Waals surface area contributed by atoms with Crippen LogP contribution in [0.2, 0.25) is 0 Å². The maximum absolute atomic E-state index is 10.7. The zero-order valence-corrected chi connectivity index (χ0v) is 9.37. The van der Waals surface area contributed by atoms with Gasteiger partial charge in [-0.25, -0.2) is 13.6 Å². The molecule has 0 bridgehead atoms. The Balaban J connectivity index is 2.41. The van der Waals surface area contributed by atoms with Crippen molar-refractivity contribution in [2.75, 3.05) is 12.3 Å². The number of aromatic nitrogens is 1. The molecular weight excluding hydrogens is 214 g/mol. The Morgan fingerprint density at radius 2 is 2.07 bits per heavy atom. The summed E-state index contributed by atoms with van der Waals surface area (Å²) in [6, 6.07) is 3.86. The Labute approximate surface area is 89.8 Å². The Hall–Kier alpha value is -0.980. The summed E-state index contributed by atoms with van der Waals surface area (Å²) in [6.07, 6.45) is 3.40. The lowest BCUT2D eigenvalue weighted by atomic mass is 10.1. The van der Waals surface area contributed by atoms with Gasteiger partial charge in [-0.2, -0.15) is 0 Å². The van der Waals surface area contributed by atoms with Crippen LogP contribution in [0.4, 0.5) is 0 Å². The smallest absolute Gasteiger partial charge is 0.210 e. The molecule has 1 aromatic rings. The molecule has 3 N–H and O–H groups in total. The van der Waals surface area contributed by atoms with Crippen molar-refractivity contribution in [3.05, 3.63) is 30.1 Å². The summed E-state index contributed by atoms with van der Waals surface area (Å²) in [5.41, 5.74) is 1.07. The van der Waals surface area contributed by atoms with Crippen molar-refractivity contribution in [2.24, 2.45) is 5.14 Å². The van der Waals surface area contributed by atoms with Crippen molar-refractivity contribution in [1.29, 1.82) is 0 Å². The van der Waals surface area contributed by atoms with Crippen LogP contribution in [0.15, 0.2) is 24.5 Å². The number of rotatable bonds is 5. The second-order valence-corrected chi connectivity index (χ2v) is 5.06. The van der Waals surface area contributed by atoms with Crippen molar-refractivity contribution in [2.45, 2.75) is 13.0 Å². The van der Waals surface area contributed by atoms with Crippen LogP contribution in [0.3, 0.4) is 0 Å². The maximum Gasteiger partial charge on any atom is 0.210 e. The van der Waals surface area contributed by atoms with Gasteiger partial charge in [-0.05, 0) is 24.6 Å². The summed E-state index contributed by atoms with van der Waals surface area (Å²) in [5.74, 6) is -0.0532. The van der Waals surface area contributed by atoms with E-state index in [-0.39, 0.29) is 11.8 Å². The van der Waals surface area contributed by atoms with Crippen LogP contribution in [0, 0.1) is 0 Å². The van der Waals surface area contributed by atoms with Gasteiger partial charge in [-0.15, -0.1) is 0 Å². The van der Waals surface area contributed by atoms with Crippen molar-refractivity contribution in [1.82, 2.24) is 10.3 Å². The van der Waals surface area contributed by atoms with Gasteiger partial charge in [0.05, 0.1) is 5.75 Å². The minimum Gasteiger partial charge on any atom is -0.309 e. The SMILES string of the molecule is C[C@@H](NCCS(N)(=O)=O)c1ccncc1. The highest BCUT2D eigenvalue weighted by Gasteiger charge is 2.06. The normalized spacial score (nSPS) is 13.7. The van der Waals surface area contributed by atoms with Crippen molar-refractivity contribution < 1.29 is 8.42 Å². The Morgan fingerprint density at radius 3 is 2.60 bits per heavy atom. The first kappa shape index (κ1) is 12.1. The van der Waals surface area contributed by atoms with Crippen LogP contribution in [0.1, 0.15) is 18.5 Å². The van der Waals surface area contributed by atoms with Crippen molar-refractivity contribution in [3.63, 3.8) is 0 Å². The minimum absolute atomic E-state index is 0.0532. The van der Waals surface area contributed by atoms with Crippen LogP contribution < -0.4 is 10.5 Å². The second-order valence-electron chi connectivity index (χ2n) is 3.32. The van der Waals surface area contributed by atoms with E-state index in [9.17, 15) is 8.42 Å². The molecule has 1 heterocycles. The zero-order valence-electron chi connectivity index (χ0n) is 8.55. The van der Waals surface area contributed by atoms with Gasteiger partial charge < -0.3 is 5.32 Å². The van der Waals surface area contributed by atoms with E-state index in [4.69, 9.17) is 5.14 Å². The molecule has 0 aliphatic carbocycles. The fraction of sp³-hybridized carbons (Fsp3) is 0.444. The first-order valence-corrected chi connectivity index (χ1v) is 6.34. The molecule has 0 aromatic carbocycles. The average molecular weight is 229 g/mol. The van der Waals surface area contributed by atoms with E-state index in [1.54, 1.807) is 12.4 Å². The number of nitrogens with one attached hydrogen (secondary N) is 1. The van der Waals surface area contributed by atoms with Crippen molar-refractivity contribution in [3.8, 4) is 0 Å². The number of hydrogen-bond donors (Lipinski definition) is 2. The monoisotopic (exact) mass is 229 g/mol. The van der Waals surface area contributed by atoms with E-state index in [1.807, 2.05) is 19.1 Å². The van der Waals surface area contributed by atoms with Gasteiger partial charge in [0, 0.05) is 25.0 Å².